The lowest BCUT2D eigenvalue weighted by Gasteiger charge is -2.41. The van der Waals surface area contributed by atoms with Gasteiger partial charge >= 0.3 is 0 Å². The molecule has 3 aliphatic rings. The Morgan fingerprint density at radius 1 is 0.979 bits per heavy atom. The molecule has 0 radical (unpaired) electrons. The first kappa shape index (κ1) is 37.8. The molecule has 1 aliphatic carbocycles. The minimum atomic E-state index is -0.834. The van der Waals surface area contributed by atoms with Gasteiger partial charge in [-0.05, 0) is 98.9 Å². The maximum atomic E-state index is 14.5. The molecule has 2 fully saturated rings. The van der Waals surface area contributed by atoms with Crippen LogP contribution >= 0.6 is 0 Å². The van der Waals surface area contributed by atoms with Crippen LogP contribution in [0.5, 0.6) is 11.5 Å². The summed E-state index contributed by atoms with van der Waals surface area (Å²) in [4.78, 5) is 4.53. The minimum Gasteiger partial charge on any atom is -0.493 e. The van der Waals surface area contributed by atoms with Gasteiger partial charge in [-0.3, -0.25) is 0 Å². The van der Waals surface area contributed by atoms with Crippen molar-refractivity contribution in [1.82, 2.24) is 10.2 Å². The molecule has 2 heterocycles. The highest BCUT2D eigenvalue weighted by molar-refractivity contribution is 5.74. The van der Waals surface area contributed by atoms with Gasteiger partial charge < -0.3 is 29.3 Å². The van der Waals surface area contributed by atoms with Crippen LogP contribution in [0, 0.1) is 11.6 Å². The van der Waals surface area contributed by atoms with Gasteiger partial charge in [0, 0.05) is 55.7 Å². The fourth-order valence-electron chi connectivity index (χ4n) is 6.12. The van der Waals surface area contributed by atoms with E-state index in [0.717, 1.165) is 79.3 Å². The summed E-state index contributed by atoms with van der Waals surface area (Å²) in [5.41, 5.74) is 5.21. The van der Waals surface area contributed by atoms with E-state index in [1.54, 1.807) is 20.3 Å². The van der Waals surface area contributed by atoms with Gasteiger partial charge in [0.15, 0.2) is 29.0 Å². The van der Waals surface area contributed by atoms with Crippen LogP contribution in [0.2, 0.25) is 0 Å². The predicted octanol–water partition coefficient (Wildman–Crippen LogP) is 9.43. The van der Waals surface area contributed by atoms with Gasteiger partial charge in [-0.2, -0.15) is 0 Å². The molecule has 47 heavy (non-hydrogen) atoms. The predicted molar refractivity (Wildman–Crippen MR) is 191 cm³/mol. The van der Waals surface area contributed by atoms with Crippen molar-refractivity contribution in [2.45, 2.75) is 98.6 Å². The molecule has 1 saturated heterocycles. The Bertz CT molecular complexity index is 1380. The molecule has 0 unspecified atom stereocenters. The summed E-state index contributed by atoms with van der Waals surface area (Å²) >= 11 is 0. The van der Waals surface area contributed by atoms with Crippen LogP contribution in [0.1, 0.15) is 97.6 Å². The van der Waals surface area contributed by atoms with E-state index in [4.69, 9.17) is 14.2 Å². The molecule has 0 atom stereocenters. The summed E-state index contributed by atoms with van der Waals surface area (Å²) in [7, 11) is 3.37. The fourth-order valence-corrected chi connectivity index (χ4v) is 6.12. The van der Waals surface area contributed by atoms with Crippen LogP contribution in [0.15, 0.2) is 60.1 Å². The molecule has 1 N–H and O–H groups in total. The van der Waals surface area contributed by atoms with Gasteiger partial charge in [0.1, 0.15) is 0 Å². The van der Waals surface area contributed by atoms with Gasteiger partial charge in [-0.25, -0.2) is 8.78 Å². The second-order valence-corrected chi connectivity index (χ2v) is 11.9. The highest BCUT2D eigenvalue weighted by Crippen LogP contribution is 2.48. The lowest BCUT2D eigenvalue weighted by molar-refractivity contribution is 0.0580. The molecule has 2 aromatic rings. The molecule has 2 aliphatic heterocycles. The summed E-state index contributed by atoms with van der Waals surface area (Å²) in [6.45, 7) is 17.1. The minimum absolute atomic E-state index is 0.104. The Hall–Kier alpha value is -3.68. The molecular weight excluding hydrogens is 596 g/mol. The lowest BCUT2D eigenvalue weighted by Crippen LogP contribution is -2.46. The number of ether oxygens (including phenoxy) is 3. The van der Waals surface area contributed by atoms with E-state index >= 15 is 0 Å². The Kier molecular flexibility index (Phi) is 15.0. The van der Waals surface area contributed by atoms with Gasteiger partial charge in [0.25, 0.3) is 0 Å². The van der Waals surface area contributed by atoms with E-state index < -0.39 is 11.6 Å². The molecule has 0 spiro atoms. The largest absolute Gasteiger partial charge is 0.493 e. The van der Waals surface area contributed by atoms with Crippen LogP contribution in [0.25, 0.3) is 5.57 Å². The average Bonchev–Trinajstić information content (AvgIpc) is 3.95. The normalized spacial score (nSPS) is 16.5. The number of piperidine rings is 1. The summed E-state index contributed by atoms with van der Waals surface area (Å²) in [5.74, 6) is 1.34. The topological polar surface area (TPSA) is 46.2 Å². The van der Waals surface area contributed by atoms with Crippen molar-refractivity contribution in [3.8, 4) is 11.5 Å². The number of halogens is 2. The van der Waals surface area contributed by atoms with Crippen LogP contribution in [-0.4, -0.2) is 57.4 Å². The van der Waals surface area contributed by atoms with Crippen molar-refractivity contribution < 1.29 is 23.0 Å². The number of nitrogens with one attached hydrogen (secondary N) is 1. The Morgan fingerprint density at radius 3 is 2.26 bits per heavy atom. The zero-order chi connectivity index (χ0) is 34.5. The van der Waals surface area contributed by atoms with E-state index in [1.165, 1.54) is 17.7 Å². The van der Waals surface area contributed by atoms with Crippen molar-refractivity contribution in [2.75, 3.05) is 45.3 Å². The van der Waals surface area contributed by atoms with Crippen LogP contribution in [0.3, 0.4) is 0 Å². The standard InChI is InChI=1S/C35H45F2N3O3.2C2H6/c1-6-7-34(43-23(2)3)39-14-12-28(13-15-39)40(29-10-11-31(36)32(37)19-29)22-24-16-27(21-38-20-24)26-17-30(25-8-9-25)35(42-5)33(18-26)41-4;2*1-2/h7,10-11,16-20,23,25,28,38H,6,8-9,12-15,21-22H2,1-5H3;2*1-2H3. The lowest BCUT2D eigenvalue weighted by atomic mass is 9.95. The number of rotatable bonds is 12. The summed E-state index contributed by atoms with van der Waals surface area (Å²) in [6.07, 6.45) is 11.5. The number of hydrogen-bond acceptors (Lipinski definition) is 6. The second-order valence-electron chi connectivity index (χ2n) is 11.9. The zero-order valence-electron chi connectivity index (χ0n) is 30.1. The Morgan fingerprint density at radius 2 is 1.68 bits per heavy atom. The van der Waals surface area contributed by atoms with Crippen molar-refractivity contribution >= 4 is 11.3 Å². The second kappa shape index (κ2) is 18.6. The number of anilines is 1. The zero-order valence-corrected chi connectivity index (χ0v) is 30.1. The number of dihydropyridines is 1. The summed E-state index contributed by atoms with van der Waals surface area (Å²) in [5, 5.41) is 3.45. The molecule has 0 amide bonds. The van der Waals surface area contributed by atoms with Crippen molar-refractivity contribution in [3.63, 3.8) is 0 Å². The van der Waals surface area contributed by atoms with Gasteiger partial charge in [0.05, 0.1) is 20.3 Å². The molecular formula is C39H57F2N3O3. The SMILES string of the molecule is CC.CC.CCC=C(OC(C)C)N1CCC(N(CC2=CNCC(c3cc(OC)c(OC)c(C4CC4)c3)=C2)c2ccc(F)c(F)c2)CC1. The number of likely N-dealkylation sites (tertiary alicyclic amines) is 1. The molecule has 0 aromatic heterocycles. The highest BCUT2D eigenvalue weighted by Gasteiger charge is 2.31. The molecule has 5 rings (SSSR count). The fraction of sp³-hybridized carbons (Fsp3) is 0.538. The molecule has 1 saturated carbocycles. The molecule has 8 heteroatoms. The summed E-state index contributed by atoms with van der Waals surface area (Å²) < 4.78 is 46.0. The number of benzene rings is 2. The first-order chi connectivity index (χ1) is 22.8. The van der Waals surface area contributed by atoms with Crippen molar-refractivity contribution in [1.29, 1.82) is 0 Å². The number of nitrogens with zero attached hydrogens (tertiary/aromatic N) is 2. The van der Waals surface area contributed by atoms with Crippen LogP contribution in [-0.2, 0) is 4.74 Å². The maximum Gasteiger partial charge on any atom is 0.185 e. The number of allylic oxidation sites excluding steroid dienone is 1. The van der Waals surface area contributed by atoms with E-state index in [0.29, 0.717) is 24.7 Å². The van der Waals surface area contributed by atoms with E-state index in [9.17, 15) is 8.78 Å². The van der Waals surface area contributed by atoms with Crippen molar-refractivity contribution in [3.05, 3.63) is 82.9 Å². The van der Waals surface area contributed by atoms with Crippen LogP contribution in [0.4, 0.5) is 14.5 Å². The maximum absolute atomic E-state index is 14.5. The van der Waals surface area contributed by atoms with E-state index in [-0.39, 0.29) is 12.1 Å². The third kappa shape index (κ3) is 9.91. The average molecular weight is 654 g/mol. The number of methoxy groups -OCH3 is 2. The van der Waals surface area contributed by atoms with E-state index in [2.05, 4.69) is 40.3 Å². The van der Waals surface area contributed by atoms with Gasteiger partial charge in [-0.1, -0.05) is 40.7 Å². The Balaban J connectivity index is 0.00000144. The van der Waals surface area contributed by atoms with Crippen LogP contribution < -0.4 is 19.7 Å². The molecule has 2 aromatic carbocycles. The molecule has 260 valence electrons. The smallest absolute Gasteiger partial charge is 0.185 e. The van der Waals surface area contributed by atoms with E-state index in [1.807, 2.05) is 53.8 Å². The third-order valence-electron chi connectivity index (χ3n) is 8.38. The molecule has 0 bridgehead atoms. The van der Waals surface area contributed by atoms with Crippen molar-refractivity contribution in [2.24, 2.45) is 0 Å². The number of hydrogen-bond donors (Lipinski definition) is 1. The van der Waals surface area contributed by atoms with Gasteiger partial charge in [-0.15, -0.1) is 0 Å². The Labute approximate surface area is 282 Å². The highest BCUT2D eigenvalue weighted by atomic mass is 19.2. The quantitative estimate of drug-likeness (QED) is 0.230. The monoisotopic (exact) mass is 653 g/mol. The summed E-state index contributed by atoms with van der Waals surface area (Å²) in [6, 6.07) is 8.67. The first-order valence-electron chi connectivity index (χ1n) is 17.5. The molecule has 6 nitrogen and oxygen atoms in total. The first-order valence-corrected chi connectivity index (χ1v) is 17.5. The van der Waals surface area contributed by atoms with Gasteiger partial charge in [0.2, 0.25) is 0 Å². The third-order valence-corrected chi connectivity index (χ3v) is 8.38.